The number of methoxy groups -OCH3 is 2. The highest BCUT2D eigenvalue weighted by Crippen LogP contribution is 2.32. The number of hydrogen-bond acceptors (Lipinski definition) is 7. The van der Waals surface area contributed by atoms with Gasteiger partial charge in [-0.1, -0.05) is 0 Å². The normalized spacial score (nSPS) is 23.4. The number of anilines is 1. The Labute approximate surface area is 198 Å². The molecule has 1 amide bonds. The molecule has 1 aromatic rings. The van der Waals surface area contributed by atoms with E-state index in [2.05, 4.69) is 20.1 Å². The van der Waals surface area contributed by atoms with Gasteiger partial charge in [-0.2, -0.15) is 0 Å². The van der Waals surface area contributed by atoms with Crippen molar-refractivity contribution < 1.29 is 19.0 Å². The molecule has 0 radical (unpaired) electrons. The molecule has 184 valence electrons. The first-order chi connectivity index (χ1) is 16.2. The van der Waals surface area contributed by atoms with Crippen molar-refractivity contribution in [3.63, 3.8) is 0 Å². The number of carbonyl (C=O) groups is 1. The Balaban J connectivity index is 1.11. The van der Waals surface area contributed by atoms with E-state index in [9.17, 15) is 4.79 Å². The minimum absolute atomic E-state index is 0.112. The summed E-state index contributed by atoms with van der Waals surface area (Å²) < 4.78 is 16.0. The number of piperazine rings is 1. The largest absolute Gasteiger partial charge is 0.493 e. The quantitative estimate of drug-likeness (QED) is 0.538. The molecule has 33 heavy (non-hydrogen) atoms. The topological polar surface area (TPSA) is 76.2 Å². The first kappa shape index (κ1) is 24.2. The highest BCUT2D eigenvalue weighted by molar-refractivity contribution is 5.76. The Morgan fingerprint density at radius 1 is 1.18 bits per heavy atom. The number of amides is 1. The zero-order valence-electron chi connectivity index (χ0n) is 20.3. The van der Waals surface area contributed by atoms with E-state index in [1.807, 2.05) is 12.3 Å². The maximum absolute atomic E-state index is 12.2. The molecule has 1 saturated carbocycles. The molecule has 0 bridgehead atoms. The third-order valence-electron chi connectivity index (χ3n) is 7.47. The zero-order valence-corrected chi connectivity index (χ0v) is 20.3. The molecular weight excluding hydrogens is 420 g/mol. The smallest absolute Gasteiger partial charge is 0.220 e. The van der Waals surface area contributed by atoms with E-state index in [1.165, 1.54) is 31.4 Å². The first-order valence-corrected chi connectivity index (χ1v) is 12.6. The molecule has 2 aliphatic heterocycles. The molecule has 1 aliphatic carbocycles. The van der Waals surface area contributed by atoms with Crippen molar-refractivity contribution in [1.82, 2.24) is 15.2 Å². The Kier molecular flexibility index (Phi) is 8.81. The SMILES string of the molecule is COC(CCC(=O)N[C@H]1CC[C@H](CCN2CCN(c3nccc4c3CCO4)CC2)CC1)OC. The molecule has 4 rings (SSSR count). The number of aromatic nitrogens is 1. The van der Waals surface area contributed by atoms with Crippen LogP contribution in [0.4, 0.5) is 5.82 Å². The molecule has 2 fully saturated rings. The number of carbonyl (C=O) groups excluding carboxylic acids is 1. The summed E-state index contributed by atoms with van der Waals surface area (Å²) in [6.45, 7) is 6.23. The molecule has 0 spiro atoms. The number of nitrogens with zero attached hydrogens (tertiary/aromatic N) is 3. The standard InChI is InChI=1S/C25H40N4O4/c1-31-24(32-2)8-7-23(30)27-20-5-3-19(4-6-20)10-13-28-14-16-29(17-15-28)25-21-11-18-33-22(21)9-12-26-25/h9,12,19-20,24H,3-8,10-11,13-18H2,1-2H3,(H,27,30)/t19-,20-. The Bertz CT molecular complexity index is 757. The number of rotatable bonds is 10. The van der Waals surface area contributed by atoms with Gasteiger partial charge in [0.2, 0.25) is 5.91 Å². The Morgan fingerprint density at radius 2 is 1.94 bits per heavy atom. The summed E-state index contributed by atoms with van der Waals surface area (Å²) in [4.78, 5) is 21.9. The highest BCUT2D eigenvalue weighted by Gasteiger charge is 2.26. The van der Waals surface area contributed by atoms with Crippen molar-refractivity contribution in [1.29, 1.82) is 0 Å². The van der Waals surface area contributed by atoms with E-state index in [-0.39, 0.29) is 12.2 Å². The summed E-state index contributed by atoms with van der Waals surface area (Å²) in [7, 11) is 3.21. The Morgan fingerprint density at radius 3 is 2.67 bits per heavy atom. The maximum atomic E-state index is 12.2. The molecule has 0 unspecified atom stereocenters. The molecule has 0 aromatic carbocycles. The van der Waals surface area contributed by atoms with Gasteiger partial charge in [0.05, 0.1) is 6.61 Å². The van der Waals surface area contributed by atoms with Crippen LogP contribution >= 0.6 is 0 Å². The minimum Gasteiger partial charge on any atom is -0.493 e. The van der Waals surface area contributed by atoms with Crippen LogP contribution in [0.2, 0.25) is 0 Å². The Hall–Kier alpha value is -1.90. The minimum atomic E-state index is -0.299. The van der Waals surface area contributed by atoms with Crippen LogP contribution in [-0.2, 0) is 20.7 Å². The molecule has 1 aromatic heterocycles. The van der Waals surface area contributed by atoms with Gasteiger partial charge in [0.1, 0.15) is 11.6 Å². The fourth-order valence-electron chi connectivity index (χ4n) is 5.39. The second-order valence-electron chi connectivity index (χ2n) is 9.55. The molecule has 3 aliphatic rings. The summed E-state index contributed by atoms with van der Waals surface area (Å²) in [5.74, 6) is 3.03. The van der Waals surface area contributed by atoms with Gasteiger partial charge in [-0.25, -0.2) is 4.98 Å². The van der Waals surface area contributed by atoms with Crippen LogP contribution < -0.4 is 15.0 Å². The fourth-order valence-corrected chi connectivity index (χ4v) is 5.39. The monoisotopic (exact) mass is 460 g/mol. The van der Waals surface area contributed by atoms with Crippen molar-refractivity contribution in [3.05, 3.63) is 17.8 Å². The second-order valence-corrected chi connectivity index (χ2v) is 9.55. The number of pyridine rings is 1. The fraction of sp³-hybridized carbons (Fsp3) is 0.760. The molecule has 3 heterocycles. The van der Waals surface area contributed by atoms with Crippen LogP contribution in [0.5, 0.6) is 5.75 Å². The highest BCUT2D eigenvalue weighted by atomic mass is 16.7. The lowest BCUT2D eigenvalue weighted by atomic mass is 9.84. The summed E-state index contributed by atoms with van der Waals surface area (Å²) in [5, 5.41) is 3.21. The predicted molar refractivity (Wildman–Crippen MR) is 128 cm³/mol. The van der Waals surface area contributed by atoms with Gasteiger partial charge >= 0.3 is 0 Å². The van der Waals surface area contributed by atoms with Crippen LogP contribution in [0, 0.1) is 5.92 Å². The van der Waals surface area contributed by atoms with E-state index >= 15 is 0 Å². The predicted octanol–water partition coefficient (Wildman–Crippen LogP) is 2.60. The number of nitrogens with one attached hydrogen (secondary N) is 1. The van der Waals surface area contributed by atoms with E-state index < -0.39 is 0 Å². The van der Waals surface area contributed by atoms with Crippen molar-refractivity contribution in [3.8, 4) is 5.75 Å². The summed E-state index contributed by atoms with van der Waals surface area (Å²) in [6, 6.07) is 2.31. The van der Waals surface area contributed by atoms with Gasteiger partial charge in [0.15, 0.2) is 6.29 Å². The molecule has 1 N–H and O–H groups in total. The summed E-state index contributed by atoms with van der Waals surface area (Å²) >= 11 is 0. The molecule has 8 heteroatoms. The average Bonchev–Trinajstić information content (AvgIpc) is 3.34. The molecule has 8 nitrogen and oxygen atoms in total. The maximum Gasteiger partial charge on any atom is 0.220 e. The lowest BCUT2D eigenvalue weighted by Gasteiger charge is -2.37. The van der Waals surface area contributed by atoms with Crippen molar-refractivity contribution in [2.75, 3.05) is 58.5 Å². The van der Waals surface area contributed by atoms with Crippen LogP contribution in [0.3, 0.4) is 0 Å². The van der Waals surface area contributed by atoms with E-state index in [0.29, 0.717) is 18.9 Å². The third-order valence-corrected chi connectivity index (χ3v) is 7.47. The van der Waals surface area contributed by atoms with E-state index in [1.54, 1.807) is 14.2 Å². The van der Waals surface area contributed by atoms with Crippen LogP contribution in [0.25, 0.3) is 0 Å². The van der Waals surface area contributed by atoms with Gasteiger partial charge in [0, 0.05) is 77.5 Å². The van der Waals surface area contributed by atoms with Gasteiger partial charge in [0.25, 0.3) is 0 Å². The van der Waals surface area contributed by atoms with Crippen LogP contribution in [-0.4, -0.2) is 81.7 Å². The van der Waals surface area contributed by atoms with Gasteiger partial charge in [-0.15, -0.1) is 0 Å². The number of fused-ring (bicyclic) bond motifs is 1. The summed E-state index contributed by atoms with van der Waals surface area (Å²) in [6.07, 6.45) is 9.47. The van der Waals surface area contributed by atoms with Gasteiger partial charge in [-0.05, 0) is 50.6 Å². The van der Waals surface area contributed by atoms with Crippen LogP contribution in [0.1, 0.15) is 50.5 Å². The lowest BCUT2D eigenvalue weighted by Crippen LogP contribution is -2.47. The van der Waals surface area contributed by atoms with Crippen molar-refractivity contribution >= 4 is 11.7 Å². The molecule has 0 atom stereocenters. The van der Waals surface area contributed by atoms with Crippen molar-refractivity contribution in [2.45, 2.75) is 63.7 Å². The van der Waals surface area contributed by atoms with Gasteiger partial charge < -0.3 is 24.4 Å². The molecular formula is C25H40N4O4. The summed E-state index contributed by atoms with van der Waals surface area (Å²) in [5.41, 5.74) is 1.28. The van der Waals surface area contributed by atoms with E-state index in [0.717, 1.165) is 69.5 Å². The third kappa shape index (κ3) is 6.58. The first-order valence-electron chi connectivity index (χ1n) is 12.6. The number of ether oxygens (including phenoxy) is 3. The average molecular weight is 461 g/mol. The van der Waals surface area contributed by atoms with Crippen molar-refractivity contribution in [2.24, 2.45) is 5.92 Å². The second kappa shape index (κ2) is 12.0. The zero-order chi connectivity index (χ0) is 23.0. The molecule has 1 saturated heterocycles. The number of hydrogen-bond donors (Lipinski definition) is 1. The van der Waals surface area contributed by atoms with Gasteiger partial charge in [-0.3, -0.25) is 9.69 Å². The van der Waals surface area contributed by atoms with Crippen LogP contribution in [0.15, 0.2) is 12.3 Å². The van der Waals surface area contributed by atoms with E-state index in [4.69, 9.17) is 14.2 Å². The lowest BCUT2D eigenvalue weighted by molar-refractivity contribution is -0.129.